The van der Waals surface area contributed by atoms with E-state index in [1.54, 1.807) is 29.4 Å². The highest BCUT2D eigenvalue weighted by Crippen LogP contribution is 2.37. The number of benzene rings is 1. The maximum Gasteiger partial charge on any atom is 0.415 e. The lowest BCUT2D eigenvalue weighted by Crippen LogP contribution is -2.38. The number of aromatic amines is 1. The van der Waals surface area contributed by atoms with E-state index in [1.807, 2.05) is 0 Å². The van der Waals surface area contributed by atoms with Crippen molar-refractivity contribution in [2.24, 2.45) is 0 Å². The average molecular weight is 506 g/mol. The Morgan fingerprint density at radius 2 is 1.97 bits per heavy atom. The molecule has 1 saturated heterocycles. The molecule has 1 aromatic carbocycles. The molecule has 1 aliphatic carbocycles. The predicted molar refractivity (Wildman–Crippen MR) is 130 cm³/mol. The number of aromatic nitrogens is 2. The van der Waals surface area contributed by atoms with E-state index in [-0.39, 0.29) is 11.5 Å². The second-order valence-corrected chi connectivity index (χ2v) is 9.36. The normalized spacial score (nSPS) is 15.5. The number of piperidine rings is 1. The number of hydrogen-bond donors (Lipinski definition) is 1. The van der Waals surface area contributed by atoms with Crippen molar-refractivity contribution in [1.29, 1.82) is 0 Å². The van der Waals surface area contributed by atoms with Crippen molar-refractivity contribution in [2.45, 2.75) is 32.6 Å². The fraction of sp³-hybridized carbons (Fsp3) is 0.269. The summed E-state index contributed by atoms with van der Waals surface area (Å²) in [6, 6.07) is 9.98. The van der Waals surface area contributed by atoms with Crippen LogP contribution in [0.2, 0.25) is 0 Å². The van der Waals surface area contributed by atoms with E-state index in [0.717, 1.165) is 36.1 Å². The summed E-state index contributed by atoms with van der Waals surface area (Å²) in [6.45, 7) is 3.23. The van der Waals surface area contributed by atoms with E-state index in [4.69, 9.17) is 4.74 Å². The van der Waals surface area contributed by atoms with E-state index in [2.05, 4.69) is 51.0 Å². The van der Waals surface area contributed by atoms with Crippen molar-refractivity contribution < 1.29 is 9.53 Å². The van der Waals surface area contributed by atoms with Gasteiger partial charge in [0.2, 0.25) is 0 Å². The largest absolute Gasteiger partial charge is 0.415 e. The van der Waals surface area contributed by atoms with Gasteiger partial charge in [0.1, 0.15) is 0 Å². The van der Waals surface area contributed by atoms with Crippen molar-refractivity contribution in [2.75, 3.05) is 13.1 Å². The van der Waals surface area contributed by atoms with E-state index >= 15 is 0 Å². The van der Waals surface area contributed by atoms with Crippen LogP contribution in [-0.2, 0) is 12.8 Å². The van der Waals surface area contributed by atoms with Crippen molar-refractivity contribution >= 4 is 27.6 Å². The Kier molecular flexibility index (Phi) is 5.89. The molecule has 0 saturated carbocycles. The molecule has 2 aromatic heterocycles. The third-order valence-corrected chi connectivity index (χ3v) is 6.97. The van der Waals surface area contributed by atoms with Crippen LogP contribution in [0.3, 0.4) is 0 Å². The first kappa shape index (κ1) is 21.6. The first-order chi connectivity index (χ1) is 16.0. The number of ether oxygens (including phenoxy) is 1. The van der Waals surface area contributed by atoms with Gasteiger partial charge in [-0.25, -0.2) is 4.79 Å². The molecule has 0 spiro atoms. The summed E-state index contributed by atoms with van der Waals surface area (Å²) in [5.41, 5.74) is 7.79. The molecule has 3 aromatic rings. The van der Waals surface area contributed by atoms with Crippen LogP contribution in [-0.4, -0.2) is 34.1 Å². The van der Waals surface area contributed by atoms with Gasteiger partial charge in [0.05, 0.1) is 16.4 Å². The third kappa shape index (κ3) is 4.25. The van der Waals surface area contributed by atoms with Gasteiger partial charge in [0, 0.05) is 36.6 Å². The van der Waals surface area contributed by atoms with Gasteiger partial charge in [-0.05, 0) is 71.8 Å². The quantitative estimate of drug-likeness (QED) is 0.502. The van der Waals surface area contributed by atoms with Crippen LogP contribution < -0.4 is 10.2 Å². The Morgan fingerprint density at radius 1 is 1.15 bits per heavy atom. The number of halogens is 1. The lowest BCUT2D eigenvalue weighted by Gasteiger charge is -2.29. The molecule has 0 radical (unpaired) electrons. The molecular formula is C26H24BrN3O3. The third-order valence-electron chi connectivity index (χ3n) is 6.38. The van der Waals surface area contributed by atoms with Gasteiger partial charge in [0.25, 0.3) is 0 Å². The summed E-state index contributed by atoms with van der Waals surface area (Å²) in [4.78, 5) is 34.7. The summed E-state index contributed by atoms with van der Waals surface area (Å²) in [6.07, 6.45) is 7.52. The Bertz CT molecular complexity index is 1300. The van der Waals surface area contributed by atoms with Crippen LogP contribution in [0.5, 0.6) is 5.75 Å². The van der Waals surface area contributed by atoms with Crippen LogP contribution in [0.25, 0.3) is 5.57 Å². The van der Waals surface area contributed by atoms with Crippen LogP contribution in [0, 0.1) is 6.92 Å². The number of hydrogen-bond acceptors (Lipinski definition) is 4. The fourth-order valence-electron chi connectivity index (χ4n) is 4.72. The van der Waals surface area contributed by atoms with Gasteiger partial charge in [-0.15, -0.1) is 0 Å². The van der Waals surface area contributed by atoms with Crippen molar-refractivity contribution in [3.05, 3.63) is 97.1 Å². The molecule has 1 amide bonds. The number of likely N-dealkylation sites (tertiary alicyclic amines) is 1. The van der Waals surface area contributed by atoms with Crippen LogP contribution in [0.1, 0.15) is 40.8 Å². The number of H-pyrrole nitrogens is 1. The number of carbonyl (C=O) groups is 1. The average Bonchev–Trinajstić information content (AvgIpc) is 2.99. The molecule has 0 atom stereocenters. The maximum absolute atomic E-state index is 13.0. The minimum Gasteiger partial charge on any atom is -0.409 e. The van der Waals surface area contributed by atoms with Gasteiger partial charge in [-0.2, -0.15) is 0 Å². The van der Waals surface area contributed by atoms with Crippen molar-refractivity contribution in [1.82, 2.24) is 14.9 Å². The number of nitrogens with one attached hydrogen (secondary N) is 1. The molecule has 7 heteroatoms. The smallest absolute Gasteiger partial charge is 0.409 e. The summed E-state index contributed by atoms with van der Waals surface area (Å²) in [5, 5.41) is 0. The van der Waals surface area contributed by atoms with Gasteiger partial charge in [-0.3, -0.25) is 9.78 Å². The fourth-order valence-corrected chi connectivity index (χ4v) is 5.08. The molecule has 0 unspecified atom stereocenters. The topological polar surface area (TPSA) is 75.3 Å². The van der Waals surface area contributed by atoms with E-state index < -0.39 is 0 Å². The molecule has 33 heavy (non-hydrogen) atoms. The maximum atomic E-state index is 13.0. The Balaban J connectivity index is 1.49. The summed E-state index contributed by atoms with van der Waals surface area (Å²) < 4.78 is 6.02. The van der Waals surface area contributed by atoms with Gasteiger partial charge in [0.15, 0.2) is 11.2 Å². The highest BCUT2D eigenvalue weighted by Gasteiger charge is 2.28. The SMILES string of the molecule is Cc1ccc2c(c1)CCc1c([nH]cc(Br)c1=O)C2=C1CCN(C(=O)Oc2cccnc2)CC1. The zero-order valence-corrected chi connectivity index (χ0v) is 19.9. The number of aryl methyl sites for hydroxylation is 2. The Hall–Kier alpha value is -3.19. The minimum absolute atomic E-state index is 0.0452. The van der Waals surface area contributed by atoms with Crippen LogP contribution >= 0.6 is 15.9 Å². The van der Waals surface area contributed by atoms with Gasteiger partial charge < -0.3 is 14.6 Å². The lowest BCUT2D eigenvalue weighted by molar-refractivity contribution is 0.148. The predicted octanol–water partition coefficient (Wildman–Crippen LogP) is 5.04. The van der Waals surface area contributed by atoms with Crippen LogP contribution in [0.15, 0.2) is 63.8 Å². The van der Waals surface area contributed by atoms with Crippen molar-refractivity contribution in [3.8, 4) is 5.75 Å². The molecule has 0 bridgehead atoms. The number of pyridine rings is 2. The summed E-state index contributed by atoms with van der Waals surface area (Å²) in [5.74, 6) is 0.441. The number of carbonyl (C=O) groups excluding carboxylic acids is 1. The first-order valence-corrected chi connectivity index (χ1v) is 11.9. The standard InChI is InChI=1S/C26H24BrN3O3/c1-16-4-6-20-18(13-16)5-7-21-24(29-15-22(27)25(21)31)23(20)17-8-11-30(12-9-17)26(32)33-19-3-2-10-28-14-19/h2-4,6,10,13-15H,5,7-9,11-12H2,1H3,(H,29,31). The highest BCUT2D eigenvalue weighted by atomic mass is 79.9. The number of amides is 1. The minimum atomic E-state index is -0.360. The molecule has 5 rings (SSSR count). The van der Waals surface area contributed by atoms with Gasteiger partial charge >= 0.3 is 6.09 Å². The molecule has 1 aliphatic heterocycles. The van der Waals surface area contributed by atoms with E-state index in [1.165, 1.54) is 28.5 Å². The molecular weight excluding hydrogens is 482 g/mol. The molecule has 6 nitrogen and oxygen atoms in total. The van der Waals surface area contributed by atoms with Crippen LogP contribution in [0.4, 0.5) is 4.79 Å². The van der Waals surface area contributed by atoms with E-state index in [0.29, 0.717) is 29.7 Å². The molecule has 1 N–H and O–H groups in total. The molecule has 3 heterocycles. The number of nitrogens with zero attached hydrogens (tertiary/aromatic N) is 2. The molecule has 2 aliphatic rings. The lowest BCUT2D eigenvalue weighted by atomic mass is 9.88. The van der Waals surface area contributed by atoms with E-state index in [9.17, 15) is 9.59 Å². The summed E-state index contributed by atoms with van der Waals surface area (Å²) >= 11 is 3.39. The summed E-state index contributed by atoms with van der Waals surface area (Å²) in [7, 11) is 0. The van der Waals surface area contributed by atoms with Gasteiger partial charge in [-0.1, -0.05) is 29.3 Å². The second kappa shape index (κ2) is 8.98. The second-order valence-electron chi connectivity index (χ2n) is 8.50. The molecule has 168 valence electrons. The Labute approximate surface area is 200 Å². The Morgan fingerprint density at radius 3 is 2.73 bits per heavy atom. The number of rotatable bonds is 1. The monoisotopic (exact) mass is 505 g/mol. The molecule has 1 fully saturated rings. The number of fused-ring (bicyclic) bond motifs is 2. The zero-order chi connectivity index (χ0) is 22.9. The zero-order valence-electron chi connectivity index (χ0n) is 18.4. The first-order valence-electron chi connectivity index (χ1n) is 11.1. The highest BCUT2D eigenvalue weighted by molar-refractivity contribution is 9.10. The van der Waals surface area contributed by atoms with Crippen molar-refractivity contribution in [3.63, 3.8) is 0 Å².